The predicted octanol–water partition coefficient (Wildman–Crippen LogP) is 4.59. The fourth-order valence-electron chi connectivity index (χ4n) is 1.91. The van der Waals surface area contributed by atoms with Crippen LogP contribution in [0.2, 0.25) is 5.02 Å². The standard InChI is InChI=1S/C17H21ClN2O/c1-11-5-6-13(18)9-14(11)21-16-8-12(10-19)7-15(20-16)17(2,3)4/h5-9H,10,19H2,1-4H3. The minimum Gasteiger partial charge on any atom is -0.439 e. The Bertz CT molecular complexity index is 648. The maximum Gasteiger partial charge on any atom is 0.219 e. The molecule has 0 aliphatic rings. The van der Waals surface area contributed by atoms with Gasteiger partial charge in [0.15, 0.2) is 0 Å². The fraction of sp³-hybridized carbons (Fsp3) is 0.353. The summed E-state index contributed by atoms with van der Waals surface area (Å²) in [5, 5.41) is 0.640. The normalized spacial score (nSPS) is 11.5. The molecule has 0 spiro atoms. The molecule has 1 aromatic heterocycles. The zero-order valence-corrected chi connectivity index (χ0v) is 13.7. The Labute approximate surface area is 131 Å². The van der Waals surface area contributed by atoms with Crippen LogP contribution in [0, 0.1) is 6.92 Å². The molecule has 1 aromatic carbocycles. The number of benzene rings is 1. The smallest absolute Gasteiger partial charge is 0.219 e. The first-order chi connectivity index (χ1) is 9.79. The molecule has 2 rings (SSSR count). The van der Waals surface area contributed by atoms with Crippen molar-refractivity contribution in [1.29, 1.82) is 0 Å². The molecule has 1 heterocycles. The zero-order chi connectivity index (χ0) is 15.6. The molecule has 2 N–H and O–H groups in total. The first kappa shape index (κ1) is 15.8. The number of rotatable bonds is 3. The molecule has 0 radical (unpaired) electrons. The van der Waals surface area contributed by atoms with Crippen LogP contribution in [0.15, 0.2) is 30.3 Å². The van der Waals surface area contributed by atoms with Crippen molar-refractivity contribution >= 4 is 11.6 Å². The number of aromatic nitrogens is 1. The zero-order valence-electron chi connectivity index (χ0n) is 12.9. The Kier molecular flexibility index (Phi) is 4.55. The molecule has 0 aliphatic heterocycles. The van der Waals surface area contributed by atoms with Crippen LogP contribution in [0.3, 0.4) is 0 Å². The lowest BCUT2D eigenvalue weighted by Gasteiger charge is -2.20. The van der Waals surface area contributed by atoms with Crippen molar-refractivity contribution in [3.05, 3.63) is 52.2 Å². The van der Waals surface area contributed by atoms with Crippen molar-refractivity contribution in [3.63, 3.8) is 0 Å². The van der Waals surface area contributed by atoms with Gasteiger partial charge in [-0.3, -0.25) is 0 Å². The van der Waals surface area contributed by atoms with E-state index in [0.717, 1.165) is 16.8 Å². The minimum absolute atomic E-state index is 0.0628. The van der Waals surface area contributed by atoms with Gasteiger partial charge in [0.2, 0.25) is 5.88 Å². The third-order valence-electron chi connectivity index (χ3n) is 3.23. The minimum atomic E-state index is -0.0628. The molecule has 0 saturated carbocycles. The van der Waals surface area contributed by atoms with Gasteiger partial charge in [0, 0.05) is 23.0 Å². The average Bonchev–Trinajstić information content (AvgIpc) is 2.41. The number of halogens is 1. The molecule has 0 bridgehead atoms. The van der Waals surface area contributed by atoms with Gasteiger partial charge < -0.3 is 10.5 Å². The molecular formula is C17H21ClN2O. The van der Waals surface area contributed by atoms with Gasteiger partial charge in [0.25, 0.3) is 0 Å². The van der Waals surface area contributed by atoms with Crippen molar-refractivity contribution < 1.29 is 4.74 Å². The summed E-state index contributed by atoms with van der Waals surface area (Å²) >= 11 is 6.03. The fourth-order valence-corrected chi connectivity index (χ4v) is 2.07. The lowest BCUT2D eigenvalue weighted by Crippen LogP contribution is -2.15. The predicted molar refractivity (Wildman–Crippen MR) is 87.1 cm³/mol. The second kappa shape index (κ2) is 6.04. The molecule has 0 amide bonds. The maximum atomic E-state index is 6.03. The Morgan fingerprint density at radius 3 is 2.52 bits per heavy atom. The topological polar surface area (TPSA) is 48.1 Å². The molecule has 0 unspecified atom stereocenters. The third-order valence-corrected chi connectivity index (χ3v) is 3.47. The number of nitrogens with zero attached hydrogens (tertiary/aromatic N) is 1. The van der Waals surface area contributed by atoms with Crippen molar-refractivity contribution in [1.82, 2.24) is 4.98 Å². The van der Waals surface area contributed by atoms with Crippen LogP contribution in [0.25, 0.3) is 0 Å². The third kappa shape index (κ3) is 3.96. The highest BCUT2D eigenvalue weighted by Crippen LogP contribution is 2.30. The van der Waals surface area contributed by atoms with E-state index in [1.807, 2.05) is 31.2 Å². The lowest BCUT2D eigenvalue weighted by molar-refractivity contribution is 0.448. The van der Waals surface area contributed by atoms with Crippen LogP contribution < -0.4 is 10.5 Å². The van der Waals surface area contributed by atoms with Gasteiger partial charge in [0.1, 0.15) is 5.75 Å². The van der Waals surface area contributed by atoms with E-state index in [1.165, 1.54) is 0 Å². The van der Waals surface area contributed by atoms with Gasteiger partial charge in [-0.15, -0.1) is 0 Å². The number of hydrogen-bond donors (Lipinski definition) is 1. The van der Waals surface area contributed by atoms with E-state index >= 15 is 0 Å². The average molecular weight is 305 g/mol. The van der Waals surface area contributed by atoms with Crippen LogP contribution in [0.4, 0.5) is 0 Å². The molecular weight excluding hydrogens is 284 g/mol. The van der Waals surface area contributed by atoms with Gasteiger partial charge in [-0.1, -0.05) is 38.4 Å². The van der Waals surface area contributed by atoms with Crippen molar-refractivity contribution in [2.75, 3.05) is 0 Å². The molecule has 3 nitrogen and oxygen atoms in total. The highest BCUT2D eigenvalue weighted by Gasteiger charge is 2.18. The summed E-state index contributed by atoms with van der Waals surface area (Å²) in [5.74, 6) is 1.26. The summed E-state index contributed by atoms with van der Waals surface area (Å²) in [6.45, 7) is 8.78. The van der Waals surface area contributed by atoms with Gasteiger partial charge in [-0.05, 0) is 36.2 Å². The number of nitrogens with two attached hydrogens (primary N) is 1. The SMILES string of the molecule is Cc1ccc(Cl)cc1Oc1cc(CN)cc(C(C)(C)C)n1. The highest BCUT2D eigenvalue weighted by atomic mass is 35.5. The molecule has 4 heteroatoms. The summed E-state index contributed by atoms with van der Waals surface area (Å²) in [6, 6.07) is 9.46. The van der Waals surface area contributed by atoms with Crippen LogP contribution in [-0.4, -0.2) is 4.98 Å². The Hall–Kier alpha value is -1.58. The van der Waals surface area contributed by atoms with E-state index in [-0.39, 0.29) is 5.41 Å². The van der Waals surface area contributed by atoms with E-state index in [4.69, 9.17) is 22.1 Å². The van der Waals surface area contributed by atoms with Crippen LogP contribution in [0.5, 0.6) is 11.6 Å². The van der Waals surface area contributed by atoms with Crippen molar-refractivity contribution in [2.45, 2.75) is 39.7 Å². The number of ether oxygens (including phenoxy) is 1. The second-order valence-electron chi connectivity index (χ2n) is 6.16. The summed E-state index contributed by atoms with van der Waals surface area (Å²) in [6.07, 6.45) is 0. The van der Waals surface area contributed by atoms with Gasteiger partial charge in [0.05, 0.1) is 5.69 Å². The first-order valence-electron chi connectivity index (χ1n) is 6.95. The molecule has 21 heavy (non-hydrogen) atoms. The summed E-state index contributed by atoms with van der Waals surface area (Å²) < 4.78 is 5.92. The van der Waals surface area contributed by atoms with Gasteiger partial charge in [-0.25, -0.2) is 4.98 Å². The summed E-state index contributed by atoms with van der Waals surface area (Å²) in [7, 11) is 0. The van der Waals surface area contributed by atoms with E-state index in [0.29, 0.717) is 23.2 Å². The molecule has 0 aliphatic carbocycles. The molecule has 0 fully saturated rings. The Morgan fingerprint density at radius 1 is 1.19 bits per heavy atom. The van der Waals surface area contributed by atoms with Crippen LogP contribution in [-0.2, 0) is 12.0 Å². The van der Waals surface area contributed by atoms with Crippen LogP contribution in [0.1, 0.15) is 37.6 Å². The highest BCUT2D eigenvalue weighted by molar-refractivity contribution is 6.30. The monoisotopic (exact) mass is 304 g/mol. The van der Waals surface area contributed by atoms with E-state index in [2.05, 4.69) is 25.8 Å². The van der Waals surface area contributed by atoms with Gasteiger partial charge in [-0.2, -0.15) is 0 Å². The quantitative estimate of drug-likeness (QED) is 0.902. The molecule has 0 atom stereocenters. The summed E-state index contributed by atoms with van der Waals surface area (Å²) in [5.41, 5.74) is 8.68. The first-order valence-corrected chi connectivity index (χ1v) is 7.33. The second-order valence-corrected chi connectivity index (χ2v) is 6.60. The number of pyridine rings is 1. The largest absolute Gasteiger partial charge is 0.439 e. The van der Waals surface area contributed by atoms with Gasteiger partial charge >= 0.3 is 0 Å². The lowest BCUT2D eigenvalue weighted by atomic mass is 9.91. The maximum absolute atomic E-state index is 6.03. The van der Waals surface area contributed by atoms with E-state index < -0.39 is 0 Å². The van der Waals surface area contributed by atoms with Crippen molar-refractivity contribution in [2.24, 2.45) is 5.73 Å². The number of hydrogen-bond acceptors (Lipinski definition) is 3. The Morgan fingerprint density at radius 2 is 1.90 bits per heavy atom. The molecule has 112 valence electrons. The van der Waals surface area contributed by atoms with E-state index in [9.17, 15) is 0 Å². The number of aryl methyl sites for hydroxylation is 1. The molecule has 0 saturated heterocycles. The van der Waals surface area contributed by atoms with Crippen LogP contribution >= 0.6 is 11.6 Å². The van der Waals surface area contributed by atoms with E-state index in [1.54, 1.807) is 6.07 Å². The summed E-state index contributed by atoms with van der Waals surface area (Å²) in [4.78, 5) is 4.60. The molecule has 2 aromatic rings. The Balaban J connectivity index is 2.42. The van der Waals surface area contributed by atoms with Crippen molar-refractivity contribution in [3.8, 4) is 11.6 Å².